The number of hydrogen-bond acceptors (Lipinski definition) is 3. The highest BCUT2D eigenvalue weighted by Gasteiger charge is 2.13. The van der Waals surface area contributed by atoms with Crippen LogP contribution >= 0.6 is 0 Å². The number of nitrogens with zero attached hydrogens (tertiary/aromatic N) is 2. The summed E-state index contributed by atoms with van der Waals surface area (Å²) in [5.41, 5.74) is 4.56. The monoisotopic (exact) mass is 334 g/mol. The molecule has 1 amide bonds. The molecule has 0 saturated carbocycles. The summed E-state index contributed by atoms with van der Waals surface area (Å²) in [6.07, 6.45) is 4.32. The van der Waals surface area contributed by atoms with Gasteiger partial charge in [-0.3, -0.25) is 9.78 Å². The minimum atomic E-state index is -0.0804. The number of aryl methyl sites for hydroxylation is 2. The number of imidazole rings is 1. The van der Waals surface area contributed by atoms with E-state index in [1.807, 2.05) is 63.4 Å². The molecule has 0 aliphatic heterocycles. The Morgan fingerprint density at radius 1 is 1.24 bits per heavy atom. The molecule has 0 aliphatic rings. The predicted molar refractivity (Wildman–Crippen MR) is 98.4 cm³/mol. The van der Waals surface area contributed by atoms with Crippen LogP contribution in [0.2, 0.25) is 0 Å². The van der Waals surface area contributed by atoms with E-state index in [2.05, 4.69) is 20.3 Å². The number of amides is 1. The molecule has 128 valence electrons. The number of hydrogen-bond donors (Lipinski definition) is 2. The highest BCUT2D eigenvalue weighted by Crippen LogP contribution is 2.22. The average molecular weight is 334 g/mol. The molecule has 1 aromatic carbocycles. The first kappa shape index (κ1) is 16.9. The molecule has 0 unspecified atom stereocenters. The molecule has 2 N–H and O–H groups in total. The van der Waals surface area contributed by atoms with Crippen molar-refractivity contribution in [2.75, 3.05) is 0 Å². The number of H-pyrrole nitrogens is 1. The molecule has 2 aromatic heterocycles. The second-order valence-electron chi connectivity index (χ2n) is 6.32. The van der Waals surface area contributed by atoms with E-state index in [4.69, 9.17) is 0 Å². The Kier molecular flexibility index (Phi) is 4.93. The van der Waals surface area contributed by atoms with Crippen molar-refractivity contribution in [1.29, 1.82) is 0 Å². The molecule has 3 aromatic rings. The summed E-state index contributed by atoms with van der Waals surface area (Å²) in [6.45, 7) is 5.90. The van der Waals surface area contributed by atoms with Gasteiger partial charge in [0.05, 0.1) is 5.69 Å². The molecule has 5 nitrogen and oxygen atoms in total. The smallest absolute Gasteiger partial charge is 0.251 e. The molecule has 25 heavy (non-hydrogen) atoms. The largest absolute Gasteiger partial charge is 0.349 e. The van der Waals surface area contributed by atoms with Crippen LogP contribution in [0.4, 0.5) is 0 Å². The van der Waals surface area contributed by atoms with Crippen molar-refractivity contribution in [3.8, 4) is 11.3 Å². The molecular formula is C20H22N4O. The van der Waals surface area contributed by atoms with Crippen LogP contribution in [0.3, 0.4) is 0 Å². The molecule has 0 radical (unpaired) electrons. The average Bonchev–Trinajstić information content (AvgIpc) is 2.94. The lowest BCUT2D eigenvalue weighted by molar-refractivity contribution is 0.0940. The zero-order chi connectivity index (χ0) is 17.8. The van der Waals surface area contributed by atoms with Gasteiger partial charge in [0.2, 0.25) is 0 Å². The Morgan fingerprint density at radius 2 is 2.08 bits per heavy atom. The second-order valence-corrected chi connectivity index (χ2v) is 6.32. The molecule has 0 aliphatic carbocycles. The zero-order valence-corrected chi connectivity index (χ0v) is 14.7. The molecular weight excluding hydrogens is 312 g/mol. The van der Waals surface area contributed by atoms with E-state index in [1.54, 1.807) is 6.20 Å². The topological polar surface area (TPSA) is 70.7 Å². The van der Waals surface area contributed by atoms with Crippen LogP contribution in [0.1, 0.15) is 34.4 Å². The van der Waals surface area contributed by atoms with Crippen LogP contribution < -0.4 is 5.32 Å². The fraction of sp³-hybridized carbons (Fsp3) is 0.250. The summed E-state index contributed by atoms with van der Waals surface area (Å²) in [5.74, 6) is 0.788. The summed E-state index contributed by atoms with van der Waals surface area (Å²) in [7, 11) is 0. The number of rotatable bonds is 5. The highest BCUT2D eigenvalue weighted by atomic mass is 16.1. The predicted octanol–water partition coefficient (Wildman–Crippen LogP) is 3.45. The second kappa shape index (κ2) is 7.30. The van der Waals surface area contributed by atoms with Crippen molar-refractivity contribution in [2.45, 2.75) is 33.2 Å². The lowest BCUT2D eigenvalue weighted by Crippen LogP contribution is -2.34. The van der Waals surface area contributed by atoms with Crippen molar-refractivity contribution >= 4 is 5.91 Å². The maximum absolute atomic E-state index is 12.6. The number of pyridine rings is 1. The number of carbonyl (C=O) groups excluding carboxylic acids is 1. The molecule has 5 heteroatoms. The fourth-order valence-electron chi connectivity index (χ4n) is 2.93. The quantitative estimate of drug-likeness (QED) is 0.751. The van der Waals surface area contributed by atoms with Gasteiger partial charge < -0.3 is 10.3 Å². The van der Waals surface area contributed by atoms with Gasteiger partial charge in [-0.15, -0.1) is 0 Å². The Labute approximate surface area is 147 Å². The number of benzene rings is 1. The van der Waals surface area contributed by atoms with Gasteiger partial charge in [-0.25, -0.2) is 4.98 Å². The highest BCUT2D eigenvalue weighted by molar-refractivity contribution is 5.95. The van der Waals surface area contributed by atoms with E-state index in [-0.39, 0.29) is 11.9 Å². The Bertz CT molecular complexity index is 870. The van der Waals surface area contributed by atoms with E-state index in [0.29, 0.717) is 5.56 Å². The minimum Gasteiger partial charge on any atom is -0.349 e. The van der Waals surface area contributed by atoms with Crippen molar-refractivity contribution < 1.29 is 4.79 Å². The standard InChI is InChI=1S/C20H22N4O/c1-13(10-16-6-5-9-21-12-16)22-20(25)18-8-4-7-17(11-18)19-14(2)23-15(3)24-19/h4-9,11-13H,10H2,1-3H3,(H,22,25)(H,23,24)/t13-/m1/s1. The van der Waals surface area contributed by atoms with Crippen LogP contribution in [0.25, 0.3) is 11.3 Å². The zero-order valence-electron chi connectivity index (χ0n) is 14.7. The van der Waals surface area contributed by atoms with Crippen molar-refractivity contribution in [3.63, 3.8) is 0 Å². The Balaban J connectivity index is 1.72. The molecule has 0 bridgehead atoms. The summed E-state index contributed by atoms with van der Waals surface area (Å²) in [5, 5.41) is 3.05. The van der Waals surface area contributed by atoms with Crippen LogP contribution in [-0.2, 0) is 6.42 Å². The third kappa shape index (κ3) is 4.12. The lowest BCUT2D eigenvalue weighted by atomic mass is 10.1. The molecule has 0 saturated heterocycles. The van der Waals surface area contributed by atoms with Crippen molar-refractivity contribution in [3.05, 3.63) is 71.4 Å². The molecule has 1 atom stereocenters. The SMILES string of the molecule is Cc1nc(-c2cccc(C(=O)N[C@H](C)Cc3cccnc3)c2)c(C)[nH]1. The number of carbonyl (C=O) groups is 1. The van der Waals surface area contributed by atoms with Crippen molar-refractivity contribution in [2.24, 2.45) is 0 Å². The molecule has 0 fully saturated rings. The van der Waals surface area contributed by atoms with Crippen LogP contribution in [0.5, 0.6) is 0 Å². The Hall–Kier alpha value is -2.95. The fourth-order valence-corrected chi connectivity index (χ4v) is 2.93. The number of aromatic nitrogens is 3. The van der Waals surface area contributed by atoms with Gasteiger partial charge in [0.15, 0.2) is 0 Å². The lowest BCUT2D eigenvalue weighted by Gasteiger charge is -2.14. The summed E-state index contributed by atoms with van der Waals surface area (Å²) in [4.78, 5) is 24.4. The summed E-state index contributed by atoms with van der Waals surface area (Å²) >= 11 is 0. The first-order valence-electron chi connectivity index (χ1n) is 8.36. The molecule has 2 heterocycles. The summed E-state index contributed by atoms with van der Waals surface area (Å²) < 4.78 is 0. The van der Waals surface area contributed by atoms with Gasteiger partial charge in [0.1, 0.15) is 5.82 Å². The maximum Gasteiger partial charge on any atom is 0.251 e. The maximum atomic E-state index is 12.6. The van der Waals surface area contributed by atoms with Crippen LogP contribution in [0.15, 0.2) is 48.8 Å². The van der Waals surface area contributed by atoms with Crippen LogP contribution in [0, 0.1) is 13.8 Å². The van der Waals surface area contributed by atoms with E-state index < -0.39 is 0 Å². The van der Waals surface area contributed by atoms with Gasteiger partial charge in [0.25, 0.3) is 5.91 Å². The van der Waals surface area contributed by atoms with Gasteiger partial charge in [-0.1, -0.05) is 18.2 Å². The van der Waals surface area contributed by atoms with E-state index in [0.717, 1.165) is 34.8 Å². The van der Waals surface area contributed by atoms with E-state index >= 15 is 0 Å². The molecule has 0 spiro atoms. The molecule has 3 rings (SSSR count). The van der Waals surface area contributed by atoms with E-state index in [1.165, 1.54) is 0 Å². The minimum absolute atomic E-state index is 0.0229. The first-order chi connectivity index (χ1) is 12.0. The normalized spacial score (nSPS) is 12.0. The summed E-state index contributed by atoms with van der Waals surface area (Å²) in [6, 6.07) is 11.5. The third-order valence-corrected chi connectivity index (χ3v) is 4.04. The van der Waals surface area contributed by atoms with Gasteiger partial charge >= 0.3 is 0 Å². The first-order valence-corrected chi connectivity index (χ1v) is 8.36. The van der Waals surface area contributed by atoms with Gasteiger partial charge in [0, 0.05) is 35.3 Å². The number of nitrogens with one attached hydrogen (secondary N) is 2. The number of aromatic amines is 1. The van der Waals surface area contributed by atoms with Gasteiger partial charge in [-0.2, -0.15) is 0 Å². The third-order valence-electron chi connectivity index (χ3n) is 4.04. The Morgan fingerprint density at radius 3 is 2.76 bits per heavy atom. The van der Waals surface area contributed by atoms with E-state index in [9.17, 15) is 4.79 Å². The van der Waals surface area contributed by atoms with Gasteiger partial charge in [-0.05, 0) is 51.0 Å². The van der Waals surface area contributed by atoms with Crippen molar-refractivity contribution in [1.82, 2.24) is 20.3 Å². The van der Waals surface area contributed by atoms with Crippen LogP contribution in [-0.4, -0.2) is 26.9 Å².